The Morgan fingerprint density at radius 2 is 1.55 bits per heavy atom. The first-order valence-corrected chi connectivity index (χ1v) is 7.30. The number of aromatic nitrogens is 3. The Kier molecular flexibility index (Phi) is 2.86. The van der Waals surface area contributed by atoms with Crippen molar-refractivity contribution >= 4 is 21.8 Å². The Morgan fingerprint density at radius 1 is 0.727 bits per heavy atom. The van der Waals surface area contributed by atoms with Crippen LogP contribution in [-0.4, -0.2) is 15.2 Å². The van der Waals surface area contributed by atoms with Crippen molar-refractivity contribution in [2.45, 2.75) is 13.8 Å². The molecule has 3 heteroatoms. The fraction of sp³-hybridized carbons (Fsp3) is 0.105. The predicted molar refractivity (Wildman–Crippen MR) is 89.7 cm³/mol. The van der Waals surface area contributed by atoms with Gasteiger partial charge in [0.05, 0.1) is 17.2 Å². The Morgan fingerprint density at radius 3 is 2.45 bits per heavy atom. The molecule has 0 saturated carbocycles. The topological polar surface area (TPSA) is 38.7 Å². The smallest absolute Gasteiger partial charge is 0.0936 e. The summed E-state index contributed by atoms with van der Waals surface area (Å²) in [4.78, 5) is 4.49. The van der Waals surface area contributed by atoms with Crippen molar-refractivity contribution in [3.63, 3.8) is 0 Å². The number of benzene rings is 2. The molecule has 0 fully saturated rings. The third-order valence-corrected chi connectivity index (χ3v) is 3.98. The normalized spacial score (nSPS) is 11.2. The lowest BCUT2D eigenvalue weighted by Crippen LogP contribution is -1.91. The first-order valence-electron chi connectivity index (χ1n) is 7.30. The summed E-state index contributed by atoms with van der Waals surface area (Å²) in [6, 6.07) is 14.7. The molecule has 0 bridgehead atoms. The van der Waals surface area contributed by atoms with E-state index in [1.165, 1.54) is 11.1 Å². The van der Waals surface area contributed by atoms with Gasteiger partial charge in [-0.2, -0.15) is 10.2 Å². The zero-order valence-electron chi connectivity index (χ0n) is 12.5. The molecule has 0 aliphatic carbocycles. The van der Waals surface area contributed by atoms with E-state index in [0.717, 1.165) is 32.9 Å². The fourth-order valence-corrected chi connectivity index (χ4v) is 2.88. The minimum Gasteiger partial charge on any atom is -0.256 e. The van der Waals surface area contributed by atoms with Crippen molar-refractivity contribution in [3.8, 4) is 11.1 Å². The molecule has 0 aliphatic rings. The van der Waals surface area contributed by atoms with Gasteiger partial charge in [-0.15, -0.1) is 0 Å². The molecule has 4 rings (SSSR count). The summed E-state index contributed by atoms with van der Waals surface area (Å²) in [6.07, 6.45) is 3.70. The summed E-state index contributed by atoms with van der Waals surface area (Å²) >= 11 is 0. The van der Waals surface area contributed by atoms with E-state index < -0.39 is 0 Å². The second kappa shape index (κ2) is 4.88. The Labute approximate surface area is 128 Å². The van der Waals surface area contributed by atoms with E-state index in [1.54, 1.807) is 0 Å². The molecule has 0 aliphatic heterocycles. The van der Waals surface area contributed by atoms with Gasteiger partial charge in [-0.3, -0.25) is 4.98 Å². The van der Waals surface area contributed by atoms with Gasteiger partial charge in [0.15, 0.2) is 0 Å². The van der Waals surface area contributed by atoms with Gasteiger partial charge in [-0.1, -0.05) is 23.8 Å². The summed E-state index contributed by atoms with van der Waals surface area (Å²) in [7, 11) is 0. The fourth-order valence-electron chi connectivity index (χ4n) is 2.88. The molecule has 0 N–H and O–H groups in total. The summed E-state index contributed by atoms with van der Waals surface area (Å²) in [5.74, 6) is 0. The highest BCUT2D eigenvalue weighted by Gasteiger charge is 2.10. The van der Waals surface area contributed by atoms with Crippen LogP contribution in [0.25, 0.3) is 32.9 Å². The van der Waals surface area contributed by atoms with Gasteiger partial charge in [0.25, 0.3) is 0 Å². The molecule has 4 aromatic rings. The van der Waals surface area contributed by atoms with Gasteiger partial charge < -0.3 is 0 Å². The number of aryl methyl sites for hydroxylation is 2. The summed E-state index contributed by atoms with van der Waals surface area (Å²) in [5, 5.41) is 10.7. The van der Waals surface area contributed by atoms with E-state index in [-0.39, 0.29) is 0 Å². The third-order valence-electron chi connectivity index (χ3n) is 3.98. The number of hydrogen-bond acceptors (Lipinski definition) is 3. The number of fused-ring (bicyclic) bond motifs is 2. The Bertz CT molecular complexity index is 1010. The number of hydrogen-bond donors (Lipinski definition) is 0. The van der Waals surface area contributed by atoms with E-state index in [1.807, 2.05) is 18.5 Å². The lowest BCUT2D eigenvalue weighted by Gasteiger charge is -2.09. The summed E-state index contributed by atoms with van der Waals surface area (Å²) < 4.78 is 0. The van der Waals surface area contributed by atoms with E-state index >= 15 is 0 Å². The van der Waals surface area contributed by atoms with Crippen LogP contribution < -0.4 is 0 Å². The summed E-state index contributed by atoms with van der Waals surface area (Å²) in [5.41, 5.74) is 6.61. The Hall–Kier alpha value is -2.81. The molecule has 2 heterocycles. The van der Waals surface area contributed by atoms with Gasteiger partial charge in [-0.25, -0.2) is 0 Å². The lowest BCUT2D eigenvalue weighted by molar-refractivity contribution is 1.08. The van der Waals surface area contributed by atoms with Gasteiger partial charge in [0.2, 0.25) is 0 Å². The largest absolute Gasteiger partial charge is 0.256 e. The van der Waals surface area contributed by atoms with E-state index in [9.17, 15) is 0 Å². The first-order chi connectivity index (χ1) is 10.7. The number of nitrogens with zero attached hydrogens (tertiary/aromatic N) is 3. The van der Waals surface area contributed by atoms with E-state index in [4.69, 9.17) is 0 Å². The molecule has 0 saturated heterocycles. The molecule has 0 amide bonds. The highest BCUT2D eigenvalue weighted by molar-refractivity contribution is 6.03. The lowest BCUT2D eigenvalue weighted by atomic mass is 9.98. The molecule has 3 nitrogen and oxygen atoms in total. The average molecular weight is 285 g/mol. The molecule has 22 heavy (non-hydrogen) atoms. The zero-order valence-corrected chi connectivity index (χ0v) is 12.5. The van der Waals surface area contributed by atoms with Crippen molar-refractivity contribution in [2.24, 2.45) is 0 Å². The van der Waals surface area contributed by atoms with E-state index in [2.05, 4.69) is 65.4 Å². The molecule has 2 aromatic carbocycles. The van der Waals surface area contributed by atoms with Crippen LogP contribution in [0.3, 0.4) is 0 Å². The van der Waals surface area contributed by atoms with Gasteiger partial charge >= 0.3 is 0 Å². The number of pyridine rings is 1. The van der Waals surface area contributed by atoms with Crippen LogP contribution in [0, 0.1) is 13.8 Å². The molecular formula is C19H15N3. The molecule has 0 atom stereocenters. The van der Waals surface area contributed by atoms with Crippen LogP contribution in [0.2, 0.25) is 0 Å². The van der Waals surface area contributed by atoms with Crippen LogP contribution in [0.15, 0.2) is 54.9 Å². The Balaban J connectivity index is 2.09. The van der Waals surface area contributed by atoms with E-state index in [0.29, 0.717) is 0 Å². The van der Waals surface area contributed by atoms with Crippen LogP contribution in [-0.2, 0) is 0 Å². The van der Waals surface area contributed by atoms with Crippen molar-refractivity contribution < 1.29 is 0 Å². The monoisotopic (exact) mass is 285 g/mol. The van der Waals surface area contributed by atoms with Gasteiger partial charge in [0.1, 0.15) is 0 Å². The zero-order chi connectivity index (χ0) is 15.1. The standard InChI is InChI=1S/C19H15N3/c1-12-4-6-18-16(9-12)17(11-21-22-18)14-7-8-20-19-10-13(2)3-5-15(14)19/h3-11H,1-2H3. The molecular weight excluding hydrogens is 270 g/mol. The second-order valence-electron chi connectivity index (χ2n) is 5.66. The van der Waals surface area contributed by atoms with Crippen LogP contribution in [0.4, 0.5) is 0 Å². The maximum atomic E-state index is 4.49. The maximum Gasteiger partial charge on any atom is 0.0936 e. The van der Waals surface area contributed by atoms with Crippen LogP contribution >= 0.6 is 0 Å². The van der Waals surface area contributed by atoms with Crippen molar-refractivity contribution in [3.05, 3.63) is 66.0 Å². The molecule has 2 aromatic heterocycles. The van der Waals surface area contributed by atoms with Crippen LogP contribution in [0.5, 0.6) is 0 Å². The van der Waals surface area contributed by atoms with Gasteiger partial charge in [-0.05, 0) is 49.2 Å². The molecule has 0 spiro atoms. The molecule has 0 unspecified atom stereocenters. The second-order valence-corrected chi connectivity index (χ2v) is 5.66. The molecule has 0 radical (unpaired) electrons. The SMILES string of the molecule is Cc1ccc2c(-c3cnnc4ccc(C)cc34)ccnc2c1. The summed E-state index contributed by atoms with van der Waals surface area (Å²) in [6.45, 7) is 4.18. The average Bonchev–Trinajstić information content (AvgIpc) is 2.53. The molecule has 106 valence electrons. The van der Waals surface area contributed by atoms with Crippen LogP contribution in [0.1, 0.15) is 11.1 Å². The highest BCUT2D eigenvalue weighted by atomic mass is 15.1. The quantitative estimate of drug-likeness (QED) is 0.518. The number of rotatable bonds is 1. The predicted octanol–water partition coefficient (Wildman–Crippen LogP) is 4.46. The van der Waals surface area contributed by atoms with Crippen molar-refractivity contribution in [1.82, 2.24) is 15.2 Å². The van der Waals surface area contributed by atoms with Gasteiger partial charge in [0, 0.05) is 22.5 Å². The van der Waals surface area contributed by atoms with Crippen molar-refractivity contribution in [1.29, 1.82) is 0 Å². The van der Waals surface area contributed by atoms with Crippen molar-refractivity contribution in [2.75, 3.05) is 0 Å². The minimum atomic E-state index is 0.917. The third kappa shape index (κ3) is 2.02. The maximum absolute atomic E-state index is 4.49. The first kappa shape index (κ1) is 12.9. The minimum absolute atomic E-state index is 0.917. The highest BCUT2D eigenvalue weighted by Crippen LogP contribution is 2.32.